The van der Waals surface area contributed by atoms with Gasteiger partial charge in [-0.3, -0.25) is 0 Å². The van der Waals surface area contributed by atoms with Crippen molar-refractivity contribution in [2.45, 2.75) is 18.9 Å². The lowest BCUT2D eigenvalue weighted by Gasteiger charge is -2.30. The first-order chi connectivity index (χ1) is 9.47. The molecule has 0 radical (unpaired) electrons. The van der Waals surface area contributed by atoms with E-state index in [0.29, 0.717) is 25.9 Å². The second-order valence-corrected chi connectivity index (χ2v) is 4.75. The summed E-state index contributed by atoms with van der Waals surface area (Å²) in [5, 5.41) is 11.5. The van der Waals surface area contributed by atoms with E-state index in [0.717, 1.165) is 12.1 Å². The molecule has 6 nitrogen and oxygen atoms in total. The van der Waals surface area contributed by atoms with Crippen LogP contribution in [-0.4, -0.2) is 41.1 Å². The summed E-state index contributed by atoms with van der Waals surface area (Å²) in [7, 11) is 0. The summed E-state index contributed by atoms with van der Waals surface area (Å²) in [6, 6.07) is 2.93. The number of amides is 2. The average molecular weight is 281 g/mol. The van der Waals surface area contributed by atoms with E-state index in [9.17, 15) is 14.0 Å². The molecule has 108 valence electrons. The van der Waals surface area contributed by atoms with Crippen molar-refractivity contribution in [3.63, 3.8) is 0 Å². The lowest BCUT2D eigenvalue weighted by molar-refractivity contribution is 0.0697. The quantitative estimate of drug-likeness (QED) is 0.765. The molecule has 0 aliphatic carbocycles. The molecule has 1 aliphatic rings. The zero-order valence-electron chi connectivity index (χ0n) is 10.8. The Hall–Kier alpha value is -2.15. The van der Waals surface area contributed by atoms with E-state index < -0.39 is 17.8 Å². The monoisotopic (exact) mass is 281 g/mol. The number of nitrogens with one attached hydrogen (secondary N) is 1. The number of urea groups is 1. The first-order valence-electron chi connectivity index (χ1n) is 6.31. The molecule has 1 aromatic carbocycles. The summed E-state index contributed by atoms with van der Waals surface area (Å²) in [6.45, 7) is 1.05. The van der Waals surface area contributed by atoms with Crippen LogP contribution in [0.2, 0.25) is 0 Å². The number of piperidine rings is 1. The fourth-order valence-electron chi connectivity index (χ4n) is 2.10. The molecular formula is C13H16FN3O3. The number of carboxylic acid groups (broad SMARTS) is 1. The van der Waals surface area contributed by atoms with Crippen LogP contribution >= 0.6 is 0 Å². The molecule has 1 saturated heterocycles. The summed E-state index contributed by atoms with van der Waals surface area (Å²) in [6.07, 6.45) is 1.42. The molecule has 2 rings (SSSR count). The first kappa shape index (κ1) is 14.3. The third-order valence-corrected chi connectivity index (χ3v) is 3.28. The Morgan fingerprint density at radius 2 is 2.00 bits per heavy atom. The molecule has 1 aliphatic heterocycles. The minimum Gasteiger partial charge on any atom is -0.478 e. The number of hydrogen-bond donors (Lipinski definition) is 3. The predicted octanol–water partition coefficient (Wildman–Crippen LogP) is 1.48. The number of hydrogen-bond acceptors (Lipinski definition) is 3. The maximum atomic E-state index is 13.0. The molecule has 1 heterocycles. The van der Waals surface area contributed by atoms with Crippen LogP contribution in [0.3, 0.4) is 0 Å². The third-order valence-electron chi connectivity index (χ3n) is 3.28. The van der Waals surface area contributed by atoms with E-state index >= 15 is 0 Å². The molecule has 0 aromatic heterocycles. The first-order valence-corrected chi connectivity index (χ1v) is 6.31. The minimum atomic E-state index is -1.29. The van der Waals surface area contributed by atoms with Crippen LogP contribution in [0.25, 0.3) is 0 Å². The van der Waals surface area contributed by atoms with Crippen LogP contribution in [0.4, 0.5) is 14.9 Å². The van der Waals surface area contributed by atoms with Crippen LogP contribution in [0.1, 0.15) is 23.2 Å². The lowest BCUT2D eigenvalue weighted by atomic mass is 10.1. The van der Waals surface area contributed by atoms with Gasteiger partial charge in [0.15, 0.2) is 0 Å². The van der Waals surface area contributed by atoms with Gasteiger partial charge >= 0.3 is 12.0 Å². The average Bonchev–Trinajstić information content (AvgIpc) is 2.41. The number of carbonyl (C=O) groups is 2. The van der Waals surface area contributed by atoms with Crippen LogP contribution in [0.5, 0.6) is 0 Å². The fourth-order valence-corrected chi connectivity index (χ4v) is 2.10. The Balaban J connectivity index is 2.10. The van der Waals surface area contributed by atoms with Gasteiger partial charge in [0.25, 0.3) is 0 Å². The van der Waals surface area contributed by atoms with E-state index in [2.05, 4.69) is 5.32 Å². The highest BCUT2D eigenvalue weighted by Gasteiger charge is 2.22. The Labute approximate surface area is 115 Å². The number of halogens is 1. The number of carboxylic acids is 1. The van der Waals surface area contributed by atoms with Gasteiger partial charge in [-0.1, -0.05) is 0 Å². The van der Waals surface area contributed by atoms with Crippen molar-refractivity contribution in [3.8, 4) is 0 Å². The second kappa shape index (κ2) is 5.87. The number of carbonyl (C=O) groups excluding carboxylic acids is 1. The Bertz CT molecular complexity index is 528. The van der Waals surface area contributed by atoms with Crippen molar-refractivity contribution in [1.82, 2.24) is 4.90 Å². The Morgan fingerprint density at radius 3 is 2.60 bits per heavy atom. The van der Waals surface area contributed by atoms with E-state index in [4.69, 9.17) is 10.8 Å². The fraction of sp³-hybridized carbons (Fsp3) is 0.385. The predicted molar refractivity (Wildman–Crippen MR) is 71.2 cm³/mol. The number of rotatable bonds is 2. The van der Waals surface area contributed by atoms with Crippen molar-refractivity contribution in [2.75, 3.05) is 18.4 Å². The molecule has 0 unspecified atom stereocenters. The molecule has 1 fully saturated rings. The van der Waals surface area contributed by atoms with Gasteiger partial charge in [0.2, 0.25) is 0 Å². The van der Waals surface area contributed by atoms with E-state index in [1.165, 1.54) is 6.07 Å². The molecular weight excluding hydrogens is 265 g/mol. The number of aromatic carboxylic acids is 1. The maximum Gasteiger partial charge on any atom is 0.337 e. The highest BCUT2D eigenvalue weighted by atomic mass is 19.1. The van der Waals surface area contributed by atoms with Crippen molar-refractivity contribution >= 4 is 17.7 Å². The normalized spacial score (nSPS) is 16.0. The van der Waals surface area contributed by atoms with Gasteiger partial charge in [-0.05, 0) is 31.0 Å². The minimum absolute atomic E-state index is 0.0822. The molecule has 7 heteroatoms. The topological polar surface area (TPSA) is 95.7 Å². The number of nitrogens with two attached hydrogens (primary N) is 1. The van der Waals surface area contributed by atoms with Gasteiger partial charge in [-0.15, -0.1) is 0 Å². The van der Waals surface area contributed by atoms with Gasteiger partial charge in [-0.2, -0.15) is 0 Å². The zero-order chi connectivity index (χ0) is 14.7. The number of anilines is 1. The summed E-state index contributed by atoms with van der Waals surface area (Å²) in [5.41, 5.74) is 5.56. The summed E-state index contributed by atoms with van der Waals surface area (Å²) < 4.78 is 13.0. The van der Waals surface area contributed by atoms with Gasteiger partial charge < -0.3 is 21.1 Å². The van der Waals surface area contributed by atoms with E-state index in [1.807, 2.05) is 0 Å². The molecule has 0 spiro atoms. The summed E-state index contributed by atoms with van der Waals surface area (Å²) in [4.78, 5) is 24.6. The van der Waals surface area contributed by atoms with Crippen molar-refractivity contribution in [2.24, 2.45) is 5.73 Å². The number of nitrogens with zero attached hydrogens (tertiary/aromatic N) is 1. The van der Waals surface area contributed by atoms with E-state index in [-0.39, 0.29) is 17.3 Å². The van der Waals surface area contributed by atoms with Crippen molar-refractivity contribution in [1.29, 1.82) is 0 Å². The van der Waals surface area contributed by atoms with Crippen LogP contribution in [0.15, 0.2) is 18.2 Å². The van der Waals surface area contributed by atoms with E-state index in [1.54, 1.807) is 4.90 Å². The Morgan fingerprint density at radius 1 is 1.35 bits per heavy atom. The largest absolute Gasteiger partial charge is 0.478 e. The number of likely N-dealkylation sites (tertiary alicyclic amines) is 1. The van der Waals surface area contributed by atoms with Crippen LogP contribution in [-0.2, 0) is 0 Å². The second-order valence-electron chi connectivity index (χ2n) is 4.75. The molecule has 20 heavy (non-hydrogen) atoms. The highest BCUT2D eigenvalue weighted by Crippen LogP contribution is 2.18. The summed E-state index contributed by atoms with van der Waals surface area (Å²) in [5.74, 6) is -1.95. The molecule has 1 aromatic rings. The molecule has 4 N–H and O–H groups in total. The van der Waals surface area contributed by atoms with Gasteiger partial charge in [-0.25, -0.2) is 14.0 Å². The summed E-state index contributed by atoms with van der Waals surface area (Å²) >= 11 is 0. The highest BCUT2D eigenvalue weighted by molar-refractivity contribution is 6.00. The van der Waals surface area contributed by atoms with Crippen molar-refractivity contribution < 1.29 is 19.1 Å². The van der Waals surface area contributed by atoms with Gasteiger partial charge in [0.1, 0.15) is 5.82 Å². The zero-order valence-corrected chi connectivity index (χ0v) is 10.8. The SMILES string of the molecule is NC1CCN(C(=O)Nc2ccc(F)cc2C(=O)O)CC1. The lowest BCUT2D eigenvalue weighted by Crippen LogP contribution is -2.44. The third kappa shape index (κ3) is 3.24. The molecule has 2 amide bonds. The van der Waals surface area contributed by atoms with Crippen molar-refractivity contribution in [3.05, 3.63) is 29.6 Å². The van der Waals surface area contributed by atoms with Crippen LogP contribution in [0, 0.1) is 5.82 Å². The van der Waals surface area contributed by atoms with Crippen LogP contribution < -0.4 is 11.1 Å². The maximum absolute atomic E-state index is 13.0. The molecule has 0 atom stereocenters. The smallest absolute Gasteiger partial charge is 0.337 e. The molecule has 0 bridgehead atoms. The van der Waals surface area contributed by atoms with Gasteiger partial charge in [0, 0.05) is 19.1 Å². The number of benzene rings is 1. The molecule has 0 saturated carbocycles. The standard InChI is InChI=1S/C13H16FN3O3/c14-8-1-2-11(10(7-8)12(18)19)16-13(20)17-5-3-9(15)4-6-17/h1-2,7,9H,3-6,15H2,(H,16,20)(H,18,19). The van der Waals surface area contributed by atoms with Gasteiger partial charge in [0.05, 0.1) is 11.3 Å². The Kier molecular flexibility index (Phi) is 4.19.